The van der Waals surface area contributed by atoms with Crippen LogP contribution in [0.5, 0.6) is 0 Å². The number of rotatable bonds is 4. The molecule has 2 heterocycles. The topological polar surface area (TPSA) is 57.0 Å². The van der Waals surface area contributed by atoms with E-state index in [2.05, 4.69) is 5.10 Å². The van der Waals surface area contributed by atoms with Gasteiger partial charge in [0, 0.05) is 24.7 Å². The molecule has 2 aromatic rings. The Bertz CT molecular complexity index is 410. The Balaban J connectivity index is 2.09. The second kappa shape index (κ2) is 4.55. The summed E-state index contributed by atoms with van der Waals surface area (Å²) in [5.41, 5.74) is 5.71. The molecule has 0 fully saturated rings. The fourth-order valence-electron chi connectivity index (χ4n) is 1.32. The van der Waals surface area contributed by atoms with Gasteiger partial charge in [-0.15, -0.1) is 11.8 Å². The zero-order valence-electron chi connectivity index (χ0n) is 8.46. The van der Waals surface area contributed by atoms with Crippen LogP contribution in [-0.4, -0.2) is 16.3 Å². The molecule has 0 saturated carbocycles. The van der Waals surface area contributed by atoms with Crippen LogP contribution in [0.1, 0.15) is 11.0 Å². The van der Waals surface area contributed by atoms with E-state index in [-0.39, 0.29) is 5.25 Å². The van der Waals surface area contributed by atoms with Gasteiger partial charge in [-0.1, -0.05) is 0 Å². The molecule has 0 amide bonds. The lowest BCUT2D eigenvalue weighted by atomic mass is 10.3. The molecule has 0 radical (unpaired) electrons. The largest absolute Gasteiger partial charge is 0.468 e. The van der Waals surface area contributed by atoms with Crippen LogP contribution in [0.15, 0.2) is 40.1 Å². The van der Waals surface area contributed by atoms with Gasteiger partial charge >= 0.3 is 0 Å². The minimum Gasteiger partial charge on any atom is -0.468 e. The van der Waals surface area contributed by atoms with Crippen molar-refractivity contribution in [2.75, 3.05) is 6.54 Å². The fourth-order valence-corrected chi connectivity index (χ4v) is 2.32. The van der Waals surface area contributed by atoms with Gasteiger partial charge in [0.2, 0.25) is 0 Å². The first-order chi connectivity index (χ1) is 7.29. The first-order valence-electron chi connectivity index (χ1n) is 4.68. The number of aryl methyl sites for hydroxylation is 1. The lowest BCUT2D eigenvalue weighted by Gasteiger charge is -2.09. The fraction of sp³-hybridized carbons (Fsp3) is 0.300. The quantitative estimate of drug-likeness (QED) is 0.803. The molecule has 2 rings (SSSR count). The Morgan fingerprint density at radius 3 is 3.07 bits per heavy atom. The second-order valence-corrected chi connectivity index (χ2v) is 4.48. The summed E-state index contributed by atoms with van der Waals surface area (Å²) >= 11 is 1.67. The molecule has 0 saturated heterocycles. The Hall–Kier alpha value is -1.20. The highest BCUT2D eigenvalue weighted by Crippen LogP contribution is 2.34. The van der Waals surface area contributed by atoms with E-state index in [1.807, 2.05) is 31.6 Å². The molecule has 15 heavy (non-hydrogen) atoms. The third kappa shape index (κ3) is 2.43. The highest BCUT2D eigenvalue weighted by Gasteiger charge is 2.14. The predicted molar refractivity (Wildman–Crippen MR) is 59.6 cm³/mol. The van der Waals surface area contributed by atoms with Crippen LogP contribution < -0.4 is 5.73 Å². The standard InChI is InChI=1S/C10H13N3OS/c1-13-7-8(6-12-13)15-10(5-11)9-3-2-4-14-9/h2-4,6-7,10H,5,11H2,1H3. The Labute approximate surface area is 92.4 Å². The number of hydrogen-bond donors (Lipinski definition) is 1. The number of furan rings is 1. The third-order valence-corrected chi connectivity index (χ3v) is 3.23. The summed E-state index contributed by atoms with van der Waals surface area (Å²) < 4.78 is 7.11. The maximum Gasteiger partial charge on any atom is 0.118 e. The van der Waals surface area contributed by atoms with E-state index in [4.69, 9.17) is 10.2 Å². The number of thioether (sulfide) groups is 1. The summed E-state index contributed by atoms with van der Waals surface area (Å²) in [6.45, 7) is 0.549. The van der Waals surface area contributed by atoms with Crippen LogP contribution >= 0.6 is 11.8 Å². The normalized spacial score (nSPS) is 12.9. The van der Waals surface area contributed by atoms with Crippen molar-refractivity contribution in [2.24, 2.45) is 12.8 Å². The minimum absolute atomic E-state index is 0.157. The Morgan fingerprint density at radius 1 is 1.67 bits per heavy atom. The molecular weight excluding hydrogens is 210 g/mol. The SMILES string of the molecule is Cn1cc(SC(CN)c2ccco2)cn1. The molecule has 1 unspecified atom stereocenters. The van der Waals surface area contributed by atoms with Crippen molar-refractivity contribution in [3.63, 3.8) is 0 Å². The summed E-state index contributed by atoms with van der Waals surface area (Å²) in [5, 5.41) is 4.27. The molecule has 2 N–H and O–H groups in total. The van der Waals surface area contributed by atoms with Crippen molar-refractivity contribution in [1.29, 1.82) is 0 Å². The first kappa shape index (κ1) is 10.3. The molecule has 4 nitrogen and oxygen atoms in total. The van der Waals surface area contributed by atoms with Crippen molar-refractivity contribution in [2.45, 2.75) is 10.1 Å². The summed E-state index contributed by atoms with van der Waals surface area (Å²) in [6, 6.07) is 3.82. The van der Waals surface area contributed by atoms with Crippen LogP contribution in [0.2, 0.25) is 0 Å². The second-order valence-electron chi connectivity index (χ2n) is 3.21. The average molecular weight is 223 g/mol. The van der Waals surface area contributed by atoms with Crippen molar-refractivity contribution in [1.82, 2.24) is 9.78 Å². The highest BCUT2D eigenvalue weighted by molar-refractivity contribution is 7.99. The summed E-state index contributed by atoms with van der Waals surface area (Å²) in [7, 11) is 1.90. The van der Waals surface area contributed by atoms with Gasteiger partial charge in [0.05, 0.1) is 17.7 Å². The molecule has 0 spiro atoms. The number of nitrogens with two attached hydrogens (primary N) is 1. The lowest BCUT2D eigenvalue weighted by molar-refractivity contribution is 0.507. The van der Waals surface area contributed by atoms with Gasteiger partial charge in [-0.25, -0.2) is 0 Å². The van der Waals surface area contributed by atoms with E-state index in [0.717, 1.165) is 10.7 Å². The van der Waals surface area contributed by atoms with E-state index in [1.54, 1.807) is 22.7 Å². The van der Waals surface area contributed by atoms with Crippen LogP contribution in [0.25, 0.3) is 0 Å². The van der Waals surface area contributed by atoms with Gasteiger partial charge in [0.15, 0.2) is 0 Å². The lowest BCUT2D eigenvalue weighted by Crippen LogP contribution is -2.08. The van der Waals surface area contributed by atoms with E-state index >= 15 is 0 Å². The molecular formula is C10H13N3OS. The van der Waals surface area contributed by atoms with Crippen molar-refractivity contribution < 1.29 is 4.42 Å². The van der Waals surface area contributed by atoms with Crippen molar-refractivity contribution >= 4 is 11.8 Å². The van der Waals surface area contributed by atoms with E-state index in [9.17, 15) is 0 Å². The van der Waals surface area contributed by atoms with E-state index < -0.39 is 0 Å². The van der Waals surface area contributed by atoms with Crippen LogP contribution in [0.3, 0.4) is 0 Å². The van der Waals surface area contributed by atoms with Crippen LogP contribution in [-0.2, 0) is 7.05 Å². The number of hydrogen-bond acceptors (Lipinski definition) is 4. The summed E-state index contributed by atoms with van der Waals surface area (Å²) in [4.78, 5) is 1.10. The van der Waals surface area contributed by atoms with Crippen molar-refractivity contribution in [3.8, 4) is 0 Å². The highest BCUT2D eigenvalue weighted by atomic mass is 32.2. The number of aromatic nitrogens is 2. The molecule has 5 heteroatoms. The first-order valence-corrected chi connectivity index (χ1v) is 5.56. The van der Waals surface area contributed by atoms with Gasteiger partial charge < -0.3 is 10.2 Å². The predicted octanol–water partition coefficient (Wildman–Crippen LogP) is 1.81. The zero-order valence-corrected chi connectivity index (χ0v) is 9.28. The molecule has 0 bridgehead atoms. The molecule has 2 aromatic heterocycles. The van der Waals surface area contributed by atoms with Crippen LogP contribution in [0, 0.1) is 0 Å². The molecule has 1 atom stereocenters. The van der Waals surface area contributed by atoms with Gasteiger partial charge in [-0.05, 0) is 12.1 Å². The molecule has 0 aliphatic rings. The maximum atomic E-state index is 5.71. The van der Waals surface area contributed by atoms with Crippen LogP contribution in [0.4, 0.5) is 0 Å². The maximum absolute atomic E-state index is 5.71. The van der Waals surface area contributed by atoms with E-state index in [0.29, 0.717) is 6.54 Å². The van der Waals surface area contributed by atoms with Crippen molar-refractivity contribution in [3.05, 3.63) is 36.5 Å². The van der Waals surface area contributed by atoms with Gasteiger partial charge in [-0.3, -0.25) is 4.68 Å². The summed E-state index contributed by atoms with van der Waals surface area (Å²) in [5.74, 6) is 0.909. The molecule has 0 aliphatic carbocycles. The Morgan fingerprint density at radius 2 is 2.53 bits per heavy atom. The smallest absolute Gasteiger partial charge is 0.118 e. The van der Waals surface area contributed by atoms with Gasteiger partial charge in [0.25, 0.3) is 0 Å². The monoisotopic (exact) mass is 223 g/mol. The van der Waals surface area contributed by atoms with E-state index in [1.165, 1.54) is 0 Å². The molecule has 80 valence electrons. The molecule has 0 aromatic carbocycles. The number of nitrogens with zero attached hydrogens (tertiary/aromatic N) is 2. The average Bonchev–Trinajstić information content (AvgIpc) is 2.85. The minimum atomic E-state index is 0.157. The third-order valence-electron chi connectivity index (χ3n) is 2.03. The summed E-state index contributed by atoms with van der Waals surface area (Å²) in [6.07, 6.45) is 5.47. The van der Waals surface area contributed by atoms with Gasteiger partial charge in [-0.2, -0.15) is 5.10 Å². The zero-order chi connectivity index (χ0) is 10.7. The van der Waals surface area contributed by atoms with Gasteiger partial charge in [0.1, 0.15) is 5.76 Å². The Kier molecular flexibility index (Phi) is 3.13. The molecule has 0 aliphatic heterocycles.